The van der Waals surface area contributed by atoms with Crippen molar-refractivity contribution in [3.05, 3.63) is 65.7 Å². The average Bonchev–Trinajstić information content (AvgIpc) is 2.92. The van der Waals surface area contributed by atoms with Gasteiger partial charge in [-0.05, 0) is 37.2 Å². The lowest BCUT2D eigenvalue weighted by molar-refractivity contribution is -0.139. The van der Waals surface area contributed by atoms with E-state index in [-0.39, 0.29) is 6.54 Å². The van der Waals surface area contributed by atoms with Crippen LogP contribution in [0.1, 0.15) is 18.1 Å². The van der Waals surface area contributed by atoms with Gasteiger partial charge in [0.05, 0.1) is 13.7 Å². The van der Waals surface area contributed by atoms with Gasteiger partial charge in [0.25, 0.3) is 11.8 Å². The fraction of sp³-hybridized carbons (Fsp3) is 0.286. The molecule has 152 valence electrons. The van der Waals surface area contributed by atoms with Crippen LogP contribution in [0.3, 0.4) is 0 Å². The van der Waals surface area contributed by atoms with Crippen molar-refractivity contribution in [2.75, 3.05) is 20.7 Å². The monoisotopic (exact) mass is 396 g/mol. The molecule has 1 fully saturated rings. The van der Waals surface area contributed by atoms with Crippen molar-refractivity contribution >= 4 is 17.8 Å². The third-order valence-electron chi connectivity index (χ3n) is 4.78. The van der Waals surface area contributed by atoms with Crippen LogP contribution in [0.2, 0.25) is 0 Å². The lowest BCUT2D eigenvalue weighted by Crippen LogP contribution is -2.50. The number of methoxy groups -OCH3 is 1. The molecule has 2 aromatic rings. The maximum atomic E-state index is 12.8. The molecule has 1 aliphatic heterocycles. The first-order chi connectivity index (χ1) is 13.8. The number of amides is 4. The summed E-state index contributed by atoms with van der Waals surface area (Å²) in [6.45, 7) is 2.13. The second-order valence-electron chi connectivity index (χ2n) is 7.12. The van der Waals surface area contributed by atoms with E-state index in [0.29, 0.717) is 12.1 Å². The summed E-state index contributed by atoms with van der Waals surface area (Å²) in [6.07, 6.45) is 0. The summed E-state index contributed by atoms with van der Waals surface area (Å²) >= 11 is 0. The molecule has 1 aliphatic rings. The molecule has 2 N–H and O–H groups in total. The van der Waals surface area contributed by atoms with E-state index < -0.39 is 23.4 Å². The van der Waals surface area contributed by atoms with Gasteiger partial charge in [-0.1, -0.05) is 42.5 Å². The van der Waals surface area contributed by atoms with Crippen molar-refractivity contribution < 1.29 is 19.1 Å². The van der Waals surface area contributed by atoms with E-state index in [4.69, 9.17) is 4.74 Å². The van der Waals surface area contributed by atoms with Crippen LogP contribution in [-0.2, 0) is 21.7 Å². The summed E-state index contributed by atoms with van der Waals surface area (Å²) in [5, 5.41) is 3.40. The van der Waals surface area contributed by atoms with Crippen LogP contribution in [0.4, 0.5) is 4.79 Å². The van der Waals surface area contributed by atoms with Crippen molar-refractivity contribution in [1.82, 2.24) is 20.7 Å². The Kier molecular flexibility index (Phi) is 5.84. The molecular formula is C21H24N4O4. The fourth-order valence-electron chi connectivity index (χ4n) is 3.25. The van der Waals surface area contributed by atoms with Gasteiger partial charge in [0, 0.05) is 6.54 Å². The summed E-state index contributed by atoms with van der Waals surface area (Å²) in [5.41, 5.74) is 2.81. The minimum atomic E-state index is -1.22. The van der Waals surface area contributed by atoms with E-state index in [0.717, 1.165) is 16.3 Å². The number of rotatable bonds is 7. The number of hydrogen-bond acceptors (Lipinski definition) is 5. The Morgan fingerprint density at radius 3 is 2.59 bits per heavy atom. The van der Waals surface area contributed by atoms with Crippen molar-refractivity contribution in [2.24, 2.45) is 0 Å². The summed E-state index contributed by atoms with van der Waals surface area (Å²) in [5.74, 6) is -0.256. The van der Waals surface area contributed by atoms with Gasteiger partial charge in [0.15, 0.2) is 0 Å². The third-order valence-corrected chi connectivity index (χ3v) is 4.78. The van der Waals surface area contributed by atoms with E-state index in [1.54, 1.807) is 50.2 Å². The zero-order valence-electron chi connectivity index (χ0n) is 16.6. The number of likely N-dealkylation sites (N-methyl/N-ethyl adjacent to an activating group) is 1. The van der Waals surface area contributed by atoms with Crippen molar-refractivity contribution in [3.63, 3.8) is 0 Å². The van der Waals surface area contributed by atoms with E-state index in [1.165, 1.54) is 0 Å². The molecule has 0 unspecified atom stereocenters. The predicted octanol–water partition coefficient (Wildman–Crippen LogP) is 1.63. The molecule has 1 atom stereocenters. The molecule has 0 saturated carbocycles. The molecule has 4 amide bonds. The highest BCUT2D eigenvalue weighted by molar-refractivity contribution is 6.08. The standard InChI is InChI=1S/C21H24N4O4/c1-21(16-9-5-4-6-10-16)19(27)25(20(28)22-21)23-18(26)14-24(2)13-15-8-7-11-17(12-15)29-3/h4-12H,13-14H2,1-3H3,(H,22,28)(H,23,26)/t21-/m1/s1. The van der Waals surface area contributed by atoms with Crippen molar-refractivity contribution in [1.29, 1.82) is 0 Å². The molecule has 0 bridgehead atoms. The van der Waals surface area contributed by atoms with Crippen LogP contribution < -0.4 is 15.5 Å². The number of carbonyl (C=O) groups excluding carboxylic acids is 3. The fourth-order valence-corrected chi connectivity index (χ4v) is 3.25. The molecule has 29 heavy (non-hydrogen) atoms. The smallest absolute Gasteiger partial charge is 0.344 e. The van der Waals surface area contributed by atoms with Crippen LogP contribution in [0, 0.1) is 0 Å². The Labute approximate surface area is 169 Å². The first kappa shape index (κ1) is 20.3. The predicted molar refractivity (Wildman–Crippen MR) is 107 cm³/mol. The number of nitrogens with one attached hydrogen (secondary N) is 2. The van der Waals surface area contributed by atoms with E-state index in [9.17, 15) is 14.4 Å². The Bertz CT molecular complexity index is 918. The third kappa shape index (κ3) is 4.38. The zero-order valence-corrected chi connectivity index (χ0v) is 16.6. The Hall–Kier alpha value is -3.39. The first-order valence-corrected chi connectivity index (χ1v) is 9.16. The molecule has 1 saturated heterocycles. The maximum Gasteiger partial charge on any atom is 0.344 e. The van der Waals surface area contributed by atoms with Gasteiger partial charge in [0.2, 0.25) is 0 Å². The number of carbonyl (C=O) groups is 3. The number of benzene rings is 2. The van der Waals surface area contributed by atoms with Crippen LogP contribution >= 0.6 is 0 Å². The first-order valence-electron chi connectivity index (χ1n) is 9.16. The minimum Gasteiger partial charge on any atom is -0.497 e. The Morgan fingerprint density at radius 1 is 1.17 bits per heavy atom. The van der Waals surface area contributed by atoms with Crippen LogP contribution in [0.25, 0.3) is 0 Å². The number of hydrogen-bond donors (Lipinski definition) is 2. The molecule has 0 aliphatic carbocycles. The van der Waals surface area contributed by atoms with Crippen LogP contribution in [0.5, 0.6) is 5.75 Å². The van der Waals surface area contributed by atoms with Gasteiger partial charge in [0.1, 0.15) is 11.3 Å². The number of hydrazine groups is 1. The number of urea groups is 1. The van der Waals surface area contributed by atoms with Gasteiger partial charge in [-0.2, -0.15) is 5.01 Å². The minimum absolute atomic E-state index is 0.0102. The van der Waals surface area contributed by atoms with Gasteiger partial charge in [-0.3, -0.25) is 19.9 Å². The van der Waals surface area contributed by atoms with Crippen LogP contribution in [-0.4, -0.2) is 48.5 Å². The highest BCUT2D eigenvalue weighted by atomic mass is 16.5. The van der Waals surface area contributed by atoms with E-state index >= 15 is 0 Å². The molecule has 1 heterocycles. The lowest BCUT2D eigenvalue weighted by atomic mass is 9.92. The lowest BCUT2D eigenvalue weighted by Gasteiger charge is -2.22. The molecule has 0 radical (unpaired) electrons. The normalized spacial score (nSPS) is 18.7. The quantitative estimate of drug-likeness (QED) is 0.694. The highest BCUT2D eigenvalue weighted by Crippen LogP contribution is 2.27. The molecule has 0 aromatic heterocycles. The van der Waals surface area contributed by atoms with Gasteiger partial charge in [-0.15, -0.1) is 0 Å². The average molecular weight is 396 g/mol. The second-order valence-corrected chi connectivity index (χ2v) is 7.12. The summed E-state index contributed by atoms with van der Waals surface area (Å²) in [6, 6.07) is 15.8. The SMILES string of the molecule is COc1cccc(CN(C)CC(=O)NN2C(=O)N[C@](C)(c3ccccc3)C2=O)c1. The Morgan fingerprint density at radius 2 is 1.90 bits per heavy atom. The number of ether oxygens (including phenoxy) is 1. The second kappa shape index (κ2) is 8.32. The topological polar surface area (TPSA) is 91.0 Å². The molecule has 3 rings (SSSR count). The zero-order chi connectivity index (χ0) is 21.0. The van der Waals surface area contributed by atoms with Gasteiger partial charge >= 0.3 is 6.03 Å². The summed E-state index contributed by atoms with van der Waals surface area (Å²) < 4.78 is 5.20. The molecule has 0 spiro atoms. The van der Waals surface area contributed by atoms with E-state index in [1.807, 2.05) is 30.3 Å². The highest BCUT2D eigenvalue weighted by Gasteiger charge is 2.49. The molecular weight excluding hydrogens is 372 g/mol. The van der Waals surface area contributed by atoms with E-state index in [2.05, 4.69) is 10.7 Å². The number of nitrogens with zero attached hydrogens (tertiary/aromatic N) is 2. The van der Waals surface area contributed by atoms with Gasteiger partial charge < -0.3 is 10.1 Å². The van der Waals surface area contributed by atoms with Crippen molar-refractivity contribution in [3.8, 4) is 5.75 Å². The van der Waals surface area contributed by atoms with Crippen LogP contribution in [0.15, 0.2) is 54.6 Å². The Balaban J connectivity index is 1.61. The molecule has 8 heteroatoms. The van der Waals surface area contributed by atoms with Gasteiger partial charge in [-0.25, -0.2) is 4.79 Å². The van der Waals surface area contributed by atoms with Crippen molar-refractivity contribution in [2.45, 2.75) is 19.0 Å². The largest absolute Gasteiger partial charge is 0.497 e. The molecule has 8 nitrogen and oxygen atoms in total. The maximum absolute atomic E-state index is 12.8. The summed E-state index contributed by atoms with van der Waals surface area (Å²) in [7, 11) is 3.37. The number of imide groups is 1. The molecule has 2 aromatic carbocycles. The summed E-state index contributed by atoms with van der Waals surface area (Å²) in [4.78, 5) is 39.3.